The molecule has 0 spiro atoms. The van der Waals surface area contributed by atoms with Crippen molar-refractivity contribution in [3.05, 3.63) is 24.3 Å². The average Bonchev–Trinajstić information content (AvgIpc) is 2.33. The maximum absolute atomic E-state index is 5.65. The Balaban J connectivity index is 1.69. The molecule has 1 aromatic rings. The molecule has 0 radical (unpaired) electrons. The van der Waals surface area contributed by atoms with E-state index in [9.17, 15) is 0 Å². The van der Waals surface area contributed by atoms with E-state index in [2.05, 4.69) is 22.3 Å². The van der Waals surface area contributed by atoms with E-state index < -0.39 is 0 Å². The lowest BCUT2D eigenvalue weighted by molar-refractivity contribution is 0.255. The third-order valence-electron chi connectivity index (χ3n) is 2.77. The Labute approximate surface area is 101 Å². The van der Waals surface area contributed by atoms with Gasteiger partial charge in [-0.1, -0.05) is 0 Å². The summed E-state index contributed by atoms with van der Waals surface area (Å²) in [4.78, 5) is 3.82. The fourth-order valence-electron chi connectivity index (χ4n) is 1.79. The Morgan fingerprint density at radius 2 is 1.88 bits per heavy atom. The third kappa shape index (κ3) is 3.70. The van der Waals surface area contributed by atoms with E-state index in [0.717, 1.165) is 24.5 Å². The Bertz CT molecular complexity index is 307. The van der Waals surface area contributed by atoms with Crippen molar-refractivity contribution in [2.75, 3.05) is 44.2 Å². The highest BCUT2D eigenvalue weighted by Gasteiger charge is 2.08. The predicted octanol–water partition coefficient (Wildman–Crippen LogP) is 1.27. The monoisotopic (exact) mass is 237 g/mol. The molecule has 16 heavy (non-hydrogen) atoms. The van der Waals surface area contributed by atoms with E-state index in [1.54, 1.807) is 0 Å². The molecular formula is C12H19N3S. The maximum atomic E-state index is 5.65. The number of nitrogens with two attached hydrogens (primary N) is 1. The van der Waals surface area contributed by atoms with E-state index in [1.807, 2.05) is 23.9 Å². The number of piperazine rings is 1. The summed E-state index contributed by atoms with van der Waals surface area (Å²) < 4.78 is 0. The van der Waals surface area contributed by atoms with Crippen LogP contribution in [0.5, 0.6) is 0 Å². The number of rotatable bonds is 4. The molecule has 1 saturated heterocycles. The van der Waals surface area contributed by atoms with Crippen molar-refractivity contribution < 1.29 is 0 Å². The van der Waals surface area contributed by atoms with Crippen molar-refractivity contribution >= 4 is 17.4 Å². The Kier molecular flexibility index (Phi) is 4.51. The van der Waals surface area contributed by atoms with Gasteiger partial charge in [0.25, 0.3) is 0 Å². The van der Waals surface area contributed by atoms with Crippen LogP contribution in [0.4, 0.5) is 5.69 Å². The van der Waals surface area contributed by atoms with Crippen LogP contribution in [0.1, 0.15) is 0 Å². The highest BCUT2D eigenvalue weighted by Crippen LogP contribution is 2.19. The van der Waals surface area contributed by atoms with Crippen molar-refractivity contribution in [2.45, 2.75) is 4.90 Å². The van der Waals surface area contributed by atoms with Crippen LogP contribution >= 0.6 is 11.8 Å². The standard InChI is InChI=1S/C12H19N3S/c13-11-1-3-12(4-2-11)16-10-9-15-7-5-14-6-8-15/h1-4,14H,5-10,13H2. The molecule has 0 atom stereocenters. The minimum atomic E-state index is 0.839. The fourth-order valence-corrected chi connectivity index (χ4v) is 2.71. The Morgan fingerprint density at radius 3 is 2.56 bits per heavy atom. The van der Waals surface area contributed by atoms with Gasteiger partial charge in [0.05, 0.1) is 0 Å². The quantitative estimate of drug-likeness (QED) is 0.611. The van der Waals surface area contributed by atoms with Gasteiger partial charge in [0.15, 0.2) is 0 Å². The average molecular weight is 237 g/mol. The second-order valence-electron chi connectivity index (χ2n) is 4.01. The molecule has 0 saturated carbocycles. The molecule has 1 heterocycles. The number of thioether (sulfide) groups is 1. The lowest BCUT2D eigenvalue weighted by Gasteiger charge is -2.26. The van der Waals surface area contributed by atoms with Crippen LogP contribution in [-0.4, -0.2) is 43.4 Å². The first kappa shape index (κ1) is 11.8. The van der Waals surface area contributed by atoms with Gasteiger partial charge in [0.2, 0.25) is 0 Å². The van der Waals surface area contributed by atoms with Crippen molar-refractivity contribution in [2.24, 2.45) is 0 Å². The molecule has 2 rings (SSSR count). The number of nitrogens with zero attached hydrogens (tertiary/aromatic N) is 1. The summed E-state index contributed by atoms with van der Waals surface area (Å²) in [5.74, 6) is 1.16. The van der Waals surface area contributed by atoms with Crippen LogP contribution < -0.4 is 11.1 Å². The fraction of sp³-hybridized carbons (Fsp3) is 0.500. The van der Waals surface area contributed by atoms with Crippen molar-refractivity contribution in [3.8, 4) is 0 Å². The molecule has 1 fully saturated rings. The summed E-state index contributed by atoms with van der Waals surface area (Å²) >= 11 is 1.91. The molecule has 3 N–H and O–H groups in total. The smallest absolute Gasteiger partial charge is 0.0314 e. The molecule has 3 nitrogen and oxygen atoms in total. The molecule has 1 aromatic carbocycles. The highest BCUT2D eigenvalue weighted by molar-refractivity contribution is 7.99. The minimum absolute atomic E-state index is 0.839. The third-order valence-corrected chi connectivity index (χ3v) is 3.76. The van der Waals surface area contributed by atoms with Gasteiger partial charge in [-0.05, 0) is 24.3 Å². The van der Waals surface area contributed by atoms with Crippen LogP contribution in [0.25, 0.3) is 0 Å². The normalized spacial score (nSPS) is 17.5. The zero-order valence-corrected chi connectivity index (χ0v) is 10.3. The van der Waals surface area contributed by atoms with Gasteiger partial charge < -0.3 is 11.1 Å². The molecule has 0 amide bonds. The van der Waals surface area contributed by atoms with Gasteiger partial charge in [-0.2, -0.15) is 0 Å². The van der Waals surface area contributed by atoms with E-state index in [4.69, 9.17) is 5.73 Å². The largest absolute Gasteiger partial charge is 0.399 e. The molecule has 88 valence electrons. The minimum Gasteiger partial charge on any atom is -0.399 e. The van der Waals surface area contributed by atoms with Crippen LogP contribution in [-0.2, 0) is 0 Å². The lowest BCUT2D eigenvalue weighted by Crippen LogP contribution is -2.44. The van der Waals surface area contributed by atoms with Gasteiger partial charge in [-0.3, -0.25) is 4.90 Å². The number of hydrogen-bond acceptors (Lipinski definition) is 4. The number of hydrogen-bond donors (Lipinski definition) is 2. The van der Waals surface area contributed by atoms with Gasteiger partial charge in [0.1, 0.15) is 0 Å². The SMILES string of the molecule is Nc1ccc(SCCN2CCNCC2)cc1. The van der Waals surface area contributed by atoms with Gasteiger partial charge in [0, 0.05) is 49.1 Å². The Morgan fingerprint density at radius 1 is 1.19 bits per heavy atom. The van der Waals surface area contributed by atoms with E-state index in [-0.39, 0.29) is 0 Å². The van der Waals surface area contributed by atoms with E-state index >= 15 is 0 Å². The van der Waals surface area contributed by atoms with Crippen molar-refractivity contribution in [1.29, 1.82) is 0 Å². The number of benzene rings is 1. The molecule has 4 heteroatoms. The van der Waals surface area contributed by atoms with Gasteiger partial charge >= 0.3 is 0 Å². The summed E-state index contributed by atoms with van der Waals surface area (Å²) in [5.41, 5.74) is 6.49. The molecule has 1 aliphatic heterocycles. The predicted molar refractivity (Wildman–Crippen MR) is 70.9 cm³/mol. The first-order valence-corrected chi connectivity index (χ1v) is 6.74. The summed E-state index contributed by atoms with van der Waals surface area (Å²) in [6.07, 6.45) is 0. The summed E-state index contributed by atoms with van der Waals surface area (Å²) in [6, 6.07) is 8.12. The maximum Gasteiger partial charge on any atom is 0.0314 e. The number of anilines is 1. The lowest BCUT2D eigenvalue weighted by atomic mass is 10.3. The van der Waals surface area contributed by atoms with Gasteiger partial charge in [-0.25, -0.2) is 0 Å². The topological polar surface area (TPSA) is 41.3 Å². The number of nitrogens with one attached hydrogen (secondary N) is 1. The van der Waals surface area contributed by atoms with Crippen LogP contribution in [0, 0.1) is 0 Å². The zero-order chi connectivity index (χ0) is 11.2. The molecule has 0 aromatic heterocycles. The first-order chi connectivity index (χ1) is 7.84. The summed E-state index contributed by atoms with van der Waals surface area (Å²) in [5, 5.41) is 3.37. The van der Waals surface area contributed by atoms with Gasteiger partial charge in [-0.15, -0.1) is 11.8 Å². The van der Waals surface area contributed by atoms with Crippen LogP contribution in [0.15, 0.2) is 29.2 Å². The molecular weight excluding hydrogens is 218 g/mol. The first-order valence-electron chi connectivity index (χ1n) is 5.76. The van der Waals surface area contributed by atoms with Crippen LogP contribution in [0.3, 0.4) is 0 Å². The number of nitrogen functional groups attached to an aromatic ring is 1. The second kappa shape index (κ2) is 6.13. The van der Waals surface area contributed by atoms with Crippen molar-refractivity contribution in [1.82, 2.24) is 10.2 Å². The Hall–Kier alpha value is -0.710. The molecule has 1 aliphatic rings. The van der Waals surface area contributed by atoms with E-state index in [0.29, 0.717) is 0 Å². The summed E-state index contributed by atoms with van der Waals surface area (Å²) in [7, 11) is 0. The highest BCUT2D eigenvalue weighted by atomic mass is 32.2. The van der Waals surface area contributed by atoms with Crippen molar-refractivity contribution in [3.63, 3.8) is 0 Å². The molecule has 0 bridgehead atoms. The molecule has 0 unspecified atom stereocenters. The van der Waals surface area contributed by atoms with E-state index in [1.165, 1.54) is 24.5 Å². The summed E-state index contributed by atoms with van der Waals surface area (Å²) in [6.45, 7) is 5.81. The zero-order valence-electron chi connectivity index (χ0n) is 9.48. The van der Waals surface area contributed by atoms with Crippen LogP contribution in [0.2, 0.25) is 0 Å². The second-order valence-corrected chi connectivity index (χ2v) is 5.18. The molecule has 0 aliphatic carbocycles.